The smallest absolute Gasteiger partial charge is 0.285 e. The predicted molar refractivity (Wildman–Crippen MR) is 96.4 cm³/mol. The van der Waals surface area contributed by atoms with Crippen molar-refractivity contribution in [3.8, 4) is 0 Å². The number of aromatic nitrogens is 3. The number of nitrogens with zero attached hydrogens (tertiary/aromatic N) is 4. The monoisotopic (exact) mass is 359 g/mol. The number of hydrogen-bond acceptors (Lipinski definition) is 5. The summed E-state index contributed by atoms with van der Waals surface area (Å²) < 4.78 is 7.12. The fraction of sp³-hybridized carbons (Fsp3) is 0.611. The molecule has 2 bridgehead atoms. The van der Waals surface area contributed by atoms with Crippen LogP contribution in [0.1, 0.15) is 29.4 Å². The van der Waals surface area contributed by atoms with Crippen LogP contribution in [0.3, 0.4) is 0 Å². The molecule has 2 aromatic heterocycles. The molecule has 2 aliphatic rings. The van der Waals surface area contributed by atoms with Crippen LogP contribution in [0.2, 0.25) is 0 Å². The van der Waals surface area contributed by atoms with Crippen molar-refractivity contribution in [1.29, 1.82) is 0 Å². The van der Waals surface area contributed by atoms with Crippen molar-refractivity contribution in [2.75, 3.05) is 39.4 Å². The number of H-pyrrole nitrogens is 1. The van der Waals surface area contributed by atoms with Crippen LogP contribution in [-0.4, -0.2) is 75.7 Å². The molecule has 140 valence electrons. The maximum atomic E-state index is 13.2. The van der Waals surface area contributed by atoms with E-state index in [0.717, 1.165) is 31.7 Å². The molecule has 26 heavy (non-hydrogen) atoms. The van der Waals surface area contributed by atoms with Gasteiger partial charge in [0, 0.05) is 43.5 Å². The van der Waals surface area contributed by atoms with E-state index in [1.165, 1.54) is 10.7 Å². The van der Waals surface area contributed by atoms with Crippen molar-refractivity contribution in [2.24, 2.45) is 5.92 Å². The highest BCUT2D eigenvalue weighted by Crippen LogP contribution is 2.21. The first kappa shape index (κ1) is 17.2. The van der Waals surface area contributed by atoms with Crippen molar-refractivity contribution in [2.45, 2.75) is 26.3 Å². The number of rotatable bonds is 3. The van der Waals surface area contributed by atoms with Crippen LogP contribution >= 0.6 is 0 Å². The van der Waals surface area contributed by atoms with Gasteiger partial charge in [-0.25, -0.2) is 9.50 Å². The van der Waals surface area contributed by atoms with Crippen LogP contribution in [0.25, 0.3) is 5.65 Å². The third-order valence-electron chi connectivity index (χ3n) is 5.20. The summed E-state index contributed by atoms with van der Waals surface area (Å²) in [6.45, 7) is 8.55. The van der Waals surface area contributed by atoms with E-state index in [-0.39, 0.29) is 29.0 Å². The number of nitrogens with one attached hydrogen (secondary N) is 1. The lowest BCUT2D eigenvalue weighted by Crippen LogP contribution is -2.48. The minimum Gasteiger partial charge on any atom is -0.379 e. The van der Waals surface area contributed by atoms with Crippen LogP contribution in [-0.2, 0) is 4.74 Å². The van der Waals surface area contributed by atoms with E-state index in [9.17, 15) is 9.59 Å². The largest absolute Gasteiger partial charge is 0.379 e. The van der Waals surface area contributed by atoms with Gasteiger partial charge >= 0.3 is 0 Å². The van der Waals surface area contributed by atoms with E-state index >= 15 is 0 Å². The Morgan fingerprint density at radius 2 is 2.19 bits per heavy atom. The summed E-state index contributed by atoms with van der Waals surface area (Å²) in [5.41, 5.74) is 1.11. The van der Waals surface area contributed by atoms with Gasteiger partial charge in [-0.1, -0.05) is 6.92 Å². The molecule has 0 saturated carbocycles. The molecular weight excluding hydrogens is 334 g/mol. The highest BCUT2D eigenvalue weighted by molar-refractivity contribution is 5.94. The third kappa shape index (κ3) is 3.03. The van der Waals surface area contributed by atoms with Crippen molar-refractivity contribution < 1.29 is 9.53 Å². The van der Waals surface area contributed by atoms with E-state index in [2.05, 4.69) is 21.9 Å². The molecule has 8 nitrogen and oxygen atoms in total. The number of carbonyl (C=O) groups is 1. The van der Waals surface area contributed by atoms with Gasteiger partial charge in [-0.2, -0.15) is 0 Å². The Morgan fingerprint density at radius 3 is 3.00 bits per heavy atom. The van der Waals surface area contributed by atoms with E-state index < -0.39 is 0 Å². The Labute approximate surface area is 151 Å². The molecule has 2 aromatic rings. The van der Waals surface area contributed by atoms with E-state index in [1.807, 2.05) is 11.8 Å². The lowest BCUT2D eigenvalue weighted by molar-refractivity contribution is 0.0438. The Bertz CT molecular complexity index is 873. The number of aromatic amines is 1. The second kappa shape index (κ2) is 6.85. The number of ether oxygens (including phenoxy) is 1. The first-order valence-electron chi connectivity index (χ1n) is 9.25. The summed E-state index contributed by atoms with van der Waals surface area (Å²) >= 11 is 0. The normalized spacial score (nSPS) is 24.0. The number of amides is 1. The number of carbonyl (C=O) groups excluding carboxylic acids is 1. The van der Waals surface area contributed by atoms with Gasteiger partial charge in [-0.15, -0.1) is 0 Å². The molecule has 2 aliphatic heterocycles. The molecule has 0 spiro atoms. The van der Waals surface area contributed by atoms with E-state index in [1.54, 1.807) is 6.07 Å². The van der Waals surface area contributed by atoms with E-state index in [4.69, 9.17) is 4.74 Å². The highest BCUT2D eigenvalue weighted by atomic mass is 16.5. The van der Waals surface area contributed by atoms with Crippen LogP contribution < -0.4 is 5.56 Å². The lowest BCUT2D eigenvalue weighted by Gasteiger charge is -2.30. The quantitative estimate of drug-likeness (QED) is 0.864. The number of aryl methyl sites for hydroxylation is 1. The zero-order valence-electron chi connectivity index (χ0n) is 15.3. The molecule has 2 atom stereocenters. The van der Waals surface area contributed by atoms with Crippen molar-refractivity contribution in [3.05, 3.63) is 33.9 Å². The Hall–Kier alpha value is -2.19. The molecule has 0 aliphatic carbocycles. The molecule has 1 N–H and O–H groups in total. The van der Waals surface area contributed by atoms with Crippen molar-refractivity contribution >= 4 is 11.6 Å². The topological polar surface area (TPSA) is 82.9 Å². The van der Waals surface area contributed by atoms with Crippen LogP contribution in [0.15, 0.2) is 17.1 Å². The van der Waals surface area contributed by atoms with Crippen LogP contribution in [0.5, 0.6) is 0 Å². The summed E-state index contributed by atoms with van der Waals surface area (Å²) in [5, 5.41) is 2.95. The van der Waals surface area contributed by atoms with Gasteiger partial charge in [0.2, 0.25) is 0 Å². The van der Waals surface area contributed by atoms with Gasteiger partial charge in [-0.05, 0) is 19.9 Å². The summed E-state index contributed by atoms with van der Waals surface area (Å²) in [5.74, 6) is 0.0215. The number of fused-ring (bicyclic) bond motifs is 4. The average molecular weight is 359 g/mol. The summed E-state index contributed by atoms with van der Waals surface area (Å²) in [7, 11) is 0. The highest BCUT2D eigenvalue weighted by Gasteiger charge is 2.36. The fourth-order valence-electron chi connectivity index (χ4n) is 4.07. The first-order chi connectivity index (χ1) is 12.6. The second-order valence-corrected chi connectivity index (χ2v) is 7.38. The summed E-state index contributed by atoms with van der Waals surface area (Å²) in [4.78, 5) is 34.5. The molecule has 8 heteroatoms. The Morgan fingerprint density at radius 1 is 1.35 bits per heavy atom. The minimum absolute atomic E-state index is 0.0352. The summed E-state index contributed by atoms with van der Waals surface area (Å²) in [6.07, 6.45) is 2.50. The summed E-state index contributed by atoms with van der Waals surface area (Å²) in [6, 6.07) is 1.75. The van der Waals surface area contributed by atoms with Crippen molar-refractivity contribution in [1.82, 2.24) is 24.4 Å². The standard InChI is InChI=1S/C18H25N5O3/c1-3-4-21-7-13-8-22(14(9-21)11-26-10-13)17(24)15-6-19-16-5-12(2)20-23(16)18(15)25/h5-6,13-14,20H,3-4,7-11H2,1-2H3/t13-,14-/m0/s1. The molecule has 0 unspecified atom stereocenters. The predicted octanol–water partition coefficient (Wildman–Crippen LogP) is 0.514. The lowest BCUT2D eigenvalue weighted by atomic mass is 10.1. The van der Waals surface area contributed by atoms with Gasteiger partial charge < -0.3 is 14.5 Å². The van der Waals surface area contributed by atoms with Crippen LogP contribution in [0, 0.1) is 12.8 Å². The molecular formula is C18H25N5O3. The van der Waals surface area contributed by atoms with Gasteiger partial charge in [0.05, 0.1) is 19.3 Å². The molecule has 4 heterocycles. The zero-order valence-corrected chi connectivity index (χ0v) is 15.3. The van der Waals surface area contributed by atoms with Crippen molar-refractivity contribution in [3.63, 3.8) is 0 Å². The molecule has 4 rings (SSSR count). The number of hydrogen-bond donors (Lipinski definition) is 1. The third-order valence-corrected chi connectivity index (χ3v) is 5.20. The van der Waals surface area contributed by atoms with Gasteiger partial charge in [0.1, 0.15) is 5.56 Å². The second-order valence-electron chi connectivity index (χ2n) is 7.38. The molecule has 2 fully saturated rings. The van der Waals surface area contributed by atoms with Gasteiger partial charge in [0.15, 0.2) is 5.65 Å². The fourth-order valence-corrected chi connectivity index (χ4v) is 4.07. The maximum absolute atomic E-state index is 13.2. The minimum atomic E-state index is -0.349. The molecule has 0 aromatic carbocycles. The Balaban J connectivity index is 1.67. The van der Waals surface area contributed by atoms with Crippen LogP contribution in [0.4, 0.5) is 0 Å². The van der Waals surface area contributed by atoms with E-state index in [0.29, 0.717) is 25.4 Å². The molecule has 1 amide bonds. The zero-order chi connectivity index (χ0) is 18.3. The maximum Gasteiger partial charge on any atom is 0.285 e. The molecule has 0 radical (unpaired) electrons. The van der Waals surface area contributed by atoms with Gasteiger partial charge in [0.25, 0.3) is 11.5 Å². The molecule has 2 saturated heterocycles. The Kier molecular flexibility index (Phi) is 4.54. The van der Waals surface area contributed by atoms with Gasteiger partial charge in [-0.3, -0.25) is 14.7 Å². The first-order valence-corrected chi connectivity index (χ1v) is 9.25. The average Bonchev–Trinajstić information content (AvgIpc) is 2.76. The SMILES string of the molecule is CCCN1C[C@@H]2COC[C@H](C1)N(C(=O)c1cnc3cc(C)[nH]n3c1=O)C2.